The Kier molecular flexibility index (Phi) is 5.10. The summed E-state index contributed by atoms with van der Waals surface area (Å²) in [6.45, 7) is 3.26. The second-order valence-corrected chi connectivity index (χ2v) is 4.71. The van der Waals surface area contributed by atoms with Crippen LogP contribution < -0.4 is 5.32 Å². The molecule has 20 heavy (non-hydrogen) atoms. The van der Waals surface area contributed by atoms with Crippen LogP contribution in [-0.4, -0.2) is 23.7 Å². The Morgan fingerprint density at radius 1 is 1.35 bits per heavy atom. The highest BCUT2D eigenvalue weighted by Crippen LogP contribution is 2.30. The standard InChI is InChI=1S/C13H15F4NO2/c1-7(2)11(19)6-18-12(20)9-5-8(13(15,16)17)3-4-10(9)14/h3-5,7,11,19H,6H2,1-2H3,(H,18,20). The fourth-order valence-electron chi connectivity index (χ4n) is 1.40. The summed E-state index contributed by atoms with van der Waals surface area (Å²) in [5, 5.41) is 11.7. The van der Waals surface area contributed by atoms with Gasteiger partial charge in [-0.05, 0) is 24.1 Å². The smallest absolute Gasteiger partial charge is 0.391 e. The van der Waals surface area contributed by atoms with Crippen LogP contribution >= 0.6 is 0 Å². The number of hydrogen-bond acceptors (Lipinski definition) is 2. The summed E-state index contributed by atoms with van der Waals surface area (Å²) in [7, 11) is 0. The van der Waals surface area contributed by atoms with Crippen molar-refractivity contribution in [1.29, 1.82) is 0 Å². The molecule has 0 bridgehead atoms. The van der Waals surface area contributed by atoms with Gasteiger partial charge in [0.15, 0.2) is 0 Å². The van der Waals surface area contributed by atoms with Gasteiger partial charge in [-0.15, -0.1) is 0 Å². The number of aliphatic hydroxyl groups excluding tert-OH is 1. The summed E-state index contributed by atoms with van der Waals surface area (Å²) in [5.74, 6) is -2.18. The second-order valence-electron chi connectivity index (χ2n) is 4.71. The van der Waals surface area contributed by atoms with Crippen LogP contribution in [0.2, 0.25) is 0 Å². The average molecular weight is 293 g/mol. The van der Waals surface area contributed by atoms with Gasteiger partial charge >= 0.3 is 6.18 Å². The molecule has 2 N–H and O–H groups in total. The predicted molar refractivity (Wildman–Crippen MR) is 64.6 cm³/mol. The minimum Gasteiger partial charge on any atom is -0.391 e. The highest BCUT2D eigenvalue weighted by atomic mass is 19.4. The minimum absolute atomic E-state index is 0.137. The molecule has 0 aliphatic heterocycles. The topological polar surface area (TPSA) is 49.3 Å². The van der Waals surface area contributed by atoms with Crippen molar-refractivity contribution in [1.82, 2.24) is 5.32 Å². The normalized spacial score (nSPS) is 13.4. The Morgan fingerprint density at radius 2 is 1.95 bits per heavy atom. The molecule has 0 radical (unpaired) electrons. The number of benzene rings is 1. The van der Waals surface area contributed by atoms with Crippen LogP contribution in [0.15, 0.2) is 18.2 Å². The molecule has 0 spiro atoms. The molecular weight excluding hydrogens is 278 g/mol. The van der Waals surface area contributed by atoms with E-state index in [2.05, 4.69) is 5.32 Å². The molecule has 1 aromatic carbocycles. The molecule has 1 unspecified atom stereocenters. The first kappa shape index (κ1) is 16.4. The maximum Gasteiger partial charge on any atom is 0.416 e. The number of amides is 1. The summed E-state index contributed by atoms with van der Waals surface area (Å²) >= 11 is 0. The van der Waals surface area contributed by atoms with Gasteiger partial charge < -0.3 is 10.4 Å². The van der Waals surface area contributed by atoms with Gasteiger partial charge in [0.2, 0.25) is 0 Å². The monoisotopic (exact) mass is 293 g/mol. The van der Waals surface area contributed by atoms with Crippen LogP contribution in [-0.2, 0) is 6.18 Å². The van der Waals surface area contributed by atoms with Crippen molar-refractivity contribution in [3.8, 4) is 0 Å². The second kappa shape index (κ2) is 6.21. The van der Waals surface area contributed by atoms with E-state index < -0.39 is 35.1 Å². The first-order chi connectivity index (χ1) is 9.12. The van der Waals surface area contributed by atoms with Crippen molar-refractivity contribution in [3.05, 3.63) is 35.1 Å². The Balaban J connectivity index is 2.87. The number of aliphatic hydroxyl groups is 1. The maximum atomic E-state index is 13.4. The number of hydrogen-bond donors (Lipinski definition) is 2. The zero-order valence-corrected chi connectivity index (χ0v) is 11.0. The largest absolute Gasteiger partial charge is 0.416 e. The summed E-state index contributed by atoms with van der Waals surface area (Å²) in [5.41, 5.74) is -1.80. The van der Waals surface area contributed by atoms with Crippen LogP contribution in [0.3, 0.4) is 0 Å². The number of rotatable bonds is 4. The zero-order chi connectivity index (χ0) is 15.5. The lowest BCUT2D eigenvalue weighted by atomic mass is 10.1. The Bertz CT molecular complexity index is 486. The Hall–Kier alpha value is -1.63. The molecule has 1 rings (SSSR count). The molecule has 1 aromatic rings. The summed E-state index contributed by atoms with van der Waals surface area (Å²) < 4.78 is 50.9. The van der Waals surface area contributed by atoms with E-state index in [4.69, 9.17) is 0 Å². The fraction of sp³-hybridized carbons (Fsp3) is 0.462. The van der Waals surface area contributed by atoms with Crippen molar-refractivity contribution >= 4 is 5.91 Å². The molecule has 0 fully saturated rings. The van der Waals surface area contributed by atoms with Gasteiger partial charge in [0.05, 0.1) is 17.2 Å². The van der Waals surface area contributed by atoms with E-state index in [1.165, 1.54) is 0 Å². The third-order valence-corrected chi connectivity index (χ3v) is 2.78. The first-order valence-corrected chi connectivity index (χ1v) is 5.96. The van der Waals surface area contributed by atoms with Gasteiger partial charge in [0, 0.05) is 6.54 Å². The van der Waals surface area contributed by atoms with Crippen LogP contribution in [0.5, 0.6) is 0 Å². The Labute approximate surface area is 113 Å². The van der Waals surface area contributed by atoms with E-state index in [0.29, 0.717) is 18.2 Å². The molecule has 0 aliphatic carbocycles. The predicted octanol–water partition coefficient (Wildman–Crippen LogP) is 2.59. The quantitative estimate of drug-likeness (QED) is 0.838. The highest BCUT2D eigenvalue weighted by molar-refractivity contribution is 5.94. The third kappa shape index (κ3) is 4.19. The molecule has 1 amide bonds. The van der Waals surface area contributed by atoms with Gasteiger partial charge in [-0.1, -0.05) is 13.8 Å². The molecule has 0 aromatic heterocycles. The molecule has 0 saturated carbocycles. The lowest BCUT2D eigenvalue weighted by Crippen LogP contribution is -2.35. The SMILES string of the molecule is CC(C)C(O)CNC(=O)c1cc(C(F)(F)F)ccc1F. The van der Waals surface area contributed by atoms with E-state index in [9.17, 15) is 27.5 Å². The number of nitrogens with one attached hydrogen (secondary N) is 1. The van der Waals surface area contributed by atoms with Gasteiger partial charge in [0.1, 0.15) is 5.82 Å². The van der Waals surface area contributed by atoms with E-state index in [1.807, 2.05) is 0 Å². The minimum atomic E-state index is -4.65. The molecule has 0 aliphatic rings. The van der Waals surface area contributed by atoms with Gasteiger partial charge in [0.25, 0.3) is 5.91 Å². The average Bonchev–Trinajstić information content (AvgIpc) is 2.34. The summed E-state index contributed by atoms with van der Waals surface area (Å²) in [4.78, 5) is 11.6. The van der Waals surface area contributed by atoms with Crippen LogP contribution in [0.4, 0.5) is 17.6 Å². The maximum absolute atomic E-state index is 13.4. The number of carbonyl (C=O) groups is 1. The number of halogens is 4. The lowest BCUT2D eigenvalue weighted by molar-refractivity contribution is -0.137. The summed E-state index contributed by atoms with van der Waals surface area (Å²) in [6, 6.07) is 1.61. The number of alkyl halides is 3. The lowest BCUT2D eigenvalue weighted by Gasteiger charge is -2.15. The van der Waals surface area contributed by atoms with Crippen molar-refractivity contribution in [2.45, 2.75) is 26.1 Å². The molecule has 0 saturated heterocycles. The van der Waals surface area contributed by atoms with Crippen molar-refractivity contribution in [2.75, 3.05) is 6.54 Å². The molecule has 112 valence electrons. The van der Waals surface area contributed by atoms with Crippen LogP contribution in [0.25, 0.3) is 0 Å². The third-order valence-electron chi connectivity index (χ3n) is 2.78. The van der Waals surface area contributed by atoms with Crippen molar-refractivity contribution < 1.29 is 27.5 Å². The molecule has 0 heterocycles. The summed E-state index contributed by atoms with van der Waals surface area (Å²) in [6.07, 6.45) is -5.51. The van der Waals surface area contributed by atoms with E-state index >= 15 is 0 Å². The molecule has 1 atom stereocenters. The van der Waals surface area contributed by atoms with Crippen LogP contribution in [0.1, 0.15) is 29.8 Å². The van der Waals surface area contributed by atoms with Crippen molar-refractivity contribution in [2.24, 2.45) is 5.92 Å². The van der Waals surface area contributed by atoms with E-state index in [-0.39, 0.29) is 12.5 Å². The highest BCUT2D eigenvalue weighted by Gasteiger charge is 2.32. The van der Waals surface area contributed by atoms with Crippen LogP contribution in [0, 0.1) is 11.7 Å². The molecule has 3 nitrogen and oxygen atoms in total. The van der Waals surface area contributed by atoms with E-state index in [0.717, 1.165) is 0 Å². The molecule has 7 heteroatoms. The van der Waals surface area contributed by atoms with E-state index in [1.54, 1.807) is 13.8 Å². The fourth-order valence-corrected chi connectivity index (χ4v) is 1.40. The van der Waals surface area contributed by atoms with Gasteiger partial charge in [-0.3, -0.25) is 4.79 Å². The van der Waals surface area contributed by atoms with Gasteiger partial charge in [-0.2, -0.15) is 13.2 Å². The Morgan fingerprint density at radius 3 is 2.45 bits per heavy atom. The van der Waals surface area contributed by atoms with Crippen molar-refractivity contribution in [3.63, 3.8) is 0 Å². The molecular formula is C13H15F4NO2. The first-order valence-electron chi connectivity index (χ1n) is 5.96. The number of carbonyl (C=O) groups excluding carboxylic acids is 1. The van der Waals surface area contributed by atoms with Gasteiger partial charge in [-0.25, -0.2) is 4.39 Å². The zero-order valence-electron chi connectivity index (χ0n) is 11.0.